The van der Waals surface area contributed by atoms with E-state index in [0.29, 0.717) is 17.0 Å². The van der Waals surface area contributed by atoms with Crippen molar-refractivity contribution in [3.8, 4) is 0 Å². The first-order chi connectivity index (χ1) is 22.0. The van der Waals surface area contributed by atoms with Crippen LogP contribution in [-0.2, 0) is 32.6 Å². The number of nitro groups is 1. The molecule has 0 aliphatic rings. The lowest BCUT2D eigenvalue weighted by Crippen LogP contribution is -2.54. The average Bonchev–Trinajstić information content (AvgIpc) is 3.06. The molecule has 2 amide bonds. The zero-order valence-electron chi connectivity index (χ0n) is 25.5. The molecule has 0 aliphatic heterocycles. The summed E-state index contributed by atoms with van der Waals surface area (Å²) in [7, 11) is -4.40. The number of halogens is 1. The Morgan fingerprint density at radius 2 is 1.54 bits per heavy atom. The molecule has 0 unspecified atom stereocenters. The Morgan fingerprint density at radius 3 is 2.17 bits per heavy atom. The quantitative estimate of drug-likeness (QED) is 0.130. The summed E-state index contributed by atoms with van der Waals surface area (Å²) >= 11 is 6.52. The van der Waals surface area contributed by atoms with Crippen molar-refractivity contribution in [2.75, 3.05) is 10.8 Å². The molecule has 0 saturated heterocycles. The number of rotatable bonds is 14. The van der Waals surface area contributed by atoms with Crippen molar-refractivity contribution in [1.82, 2.24) is 10.2 Å². The molecule has 0 aromatic heterocycles. The van der Waals surface area contributed by atoms with Crippen molar-refractivity contribution in [1.29, 1.82) is 0 Å². The highest BCUT2D eigenvalue weighted by Crippen LogP contribution is 2.28. The van der Waals surface area contributed by atoms with E-state index in [1.165, 1.54) is 35.2 Å². The highest BCUT2D eigenvalue weighted by Gasteiger charge is 2.35. The van der Waals surface area contributed by atoms with Crippen LogP contribution in [0, 0.1) is 10.1 Å². The maximum atomic E-state index is 14.5. The lowest BCUT2D eigenvalue weighted by atomic mass is 10.0. The van der Waals surface area contributed by atoms with Crippen LogP contribution in [0.4, 0.5) is 11.4 Å². The van der Waals surface area contributed by atoms with Crippen LogP contribution in [0.3, 0.4) is 0 Å². The van der Waals surface area contributed by atoms with E-state index in [4.69, 9.17) is 11.6 Å². The Hall–Kier alpha value is -4.74. The second-order valence-electron chi connectivity index (χ2n) is 10.7. The van der Waals surface area contributed by atoms with Gasteiger partial charge in [0.05, 0.1) is 15.5 Å². The van der Waals surface area contributed by atoms with E-state index in [9.17, 15) is 28.1 Å². The molecule has 10 nitrogen and oxygen atoms in total. The summed E-state index contributed by atoms with van der Waals surface area (Å²) in [4.78, 5) is 40.6. The Bertz CT molecular complexity index is 1770. The number of nitro benzene ring substituents is 1. The number of anilines is 1. The number of non-ortho nitro benzene ring substituents is 1. The van der Waals surface area contributed by atoms with Gasteiger partial charge in [0.15, 0.2) is 0 Å². The van der Waals surface area contributed by atoms with Crippen molar-refractivity contribution < 1.29 is 22.9 Å². The molecule has 0 aliphatic carbocycles. The number of benzene rings is 4. The summed E-state index contributed by atoms with van der Waals surface area (Å²) in [6.45, 7) is 2.94. The first-order valence-electron chi connectivity index (χ1n) is 14.7. The predicted molar refractivity (Wildman–Crippen MR) is 178 cm³/mol. The van der Waals surface area contributed by atoms with E-state index in [-0.39, 0.29) is 35.3 Å². The Morgan fingerprint density at radius 1 is 0.913 bits per heavy atom. The van der Waals surface area contributed by atoms with Crippen LogP contribution in [0.1, 0.15) is 31.4 Å². The molecular weight excluding hydrogens is 628 g/mol. The summed E-state index contributed by atoms with van der Waals surface area (Å²) in [6.07, 6.45) is 0.791. The Kier molecular flexibility index (Phi) is 11.5. The Labute approximate surface area is 273 Å². The molecule has 12 heteroatoms. The highest BCUT2D eigenvalue weighted by molar-refractivity contribution is 7.92. The second kappa shape index (κ2) is 15.5. The second-order valence-corrected chi connectivity index (χ2v) is 13.0. The number of nitrogens with zero attached hydrogens (tertiary/aromatic N) is 3. The fraction of sp³-hybridized carbons (Fsp3) is 0.235. The van der Waals surface area contributed by atoms with E-state index < -0.39 is 39.3 Å². The topological polar surface area (TPSA) is 130 Å². The van der Waals surface area contributed by atoms with Gasteiger partial charge in [0.1, 0.15) is 12.6 Å². The first kappa shape index (κ1) is 34.1. The monoisotopic (exact) mass is 662 g/mol. The van der Waals surface area contributed by atoms with Crippen LogP contribution in [-0.4, -0.2) is 48.7 Å². The van der Waals surface area contributed by atoms with Crippen molar-refractivity contribution in [3.05, 3.63) is 135 Å². The number of carbonyl (C=O) groups is 2. The molecule has 0 radical (unpaired) electrons. The smallest absolute Gasteiger partial charge is 0.271 e. The molecule has 46 heavy (non-hydrogen) atoms. The van der Waals surface area contributed by atoms with Gasteiger partial charge >= 0.3 is 0 Å². The number of hydrogen-bond acceptors (Lipinski definition) is 6. The molecule has 0 bridgehead atoms. The largest absolute Gasteiger partial charge is 0.352 e. The molecule has 4 aromatic carbocycles. The average molecular weight is 663 g/mol. The zero-order valence-corrected chi connectivity index (χ0v) is 27.0. The molecule has 240 valence electrons. The number of nitrogens with one attached hydrogen (secondary N) is 1. The molecule has 4 aromatic rings. The summed E-state index contributed by atoms with van der Waals surface area (Å²) in [6, 6.07) is 27.4. The predicted octanol–water partition coefficient (Wildman–Crippen LogP) is 6.00. The summed E-state index contributed by atoms with van der Waals surface area (Å²) in [5.41, 5.74) is 0.921. The molecule has 0 spiro atoms. The van der Waals surface area contributed by atoms with E-state index in [0.717, 1.165) is 15.9 Å². The molecule has 1 N–H and O–H groups in total. The van der Waals surface area contributed by atoms with Crippen molar-refractivity contribution in [3.63, 3.8) is 0 Å². The standard InChI is InChI=1S/C34H35ClN4O6S/c1-3-25(2)36-34(41)32(21-26-13-6-4-7-14-26)37(23-27-15-10-11-20-31(27)35)33(40)24-38(28-16-12-17-29(22-28)39(42)43)46(44,45)30-18-8-5-9-19-30/h4-20,22,25,32H,3,21,23-24H2,1-2H3,(H,36,41)/t25-,32+/m0/s1. The van der Waals surface area contributed by atoms with Crippen LogP contribution < -0.4 is 9.62 Å². The minimum absolute atomic E-state index is 0.0761. The van der Waals surface area contributed by atoms with Crippen LogP contribution >= 0.6 is 11.6 Å². The van der Waals surface area contributed by atoms with Gasteiger partial charge in [-0.05, 0) is 48.7 Å². The molecule has 0 fully saturated rings. The Balaban J connectivity index is 1.84. The maximum Gasteiger partial charge on any atom is 0.271 e. The van der Waals surface area contributed by atoms with Crippen LogP contribution in [0.5, 0.6) is 0 Å². The summed E-state index contributed by atoms with van der Waals surface area (Å²) < 4.78 is 28.9. The third-order valence-electron chi connectivity index (χ3n) is 7.51. The van der Waals surface area contributed by atoms with Crippen LogP contribution in [0.15, 0.2) is 114 Å². The fourth-order valence-corrected chi connectivity index (χ4v) is 6.44. The molecule has 4 rings (SSSR count). The summed E-state index contributed by atoms with van der Waals surface area (Å²) in [5, 5.41) is 15.0. The zero-order chi connectivity index (χ0) is 33.3. The normalized spacial score (nSPS) is 12.5. The van der Waals surface area contributed by atoms with E-state index in [2.05, 4.69) is 5.32 Å². The van der Waals surface area contributed by atoms with E-state index in [1.807, 2.05) is 44.2 Å². The SMILES string of the molecule is CC[C@H](C)NC(=O)[C@@H](Cc1ccccc1)N(Cc1ccccc1Cl)C(=O)CN(c1cccc([N+](=O)[O-])c1)S(=O)(=O)c1ccccc1. The van der Waals surface area contributed by atoms with Gasteiger partial charge in [-0.2, -0.15) is 0 Å². The molecule has 2 atom stereocenters. The number of amides is 2. The van der Waals surface area contributed by atoms with Gasteiger partial charge in [-0.3, -0.25) is 24.0 Å². The van der Waals surface area contributed by atoms with Crippen molar-refractivity contribution >= 4 is 44.8 Å². The lowest BCUT2D eigenvalue weighted by molar-refractivity contribution is -0.384. The van der Waals surface area contributed by atoms with Gasteiger partial charge in [-0.15, -0.1) is 0 Å². The lowest BCUT2D eigenvalue weighted by Gasteiger charge is -2.34. The number of sulfonamides is 1. The third kappa shape index (κ3) is 8.49. The van der Waals surface area contributed by atoms with Crippen molar-refractivity contribution in [2.45, 2.75) is 50.2 Å². The fourth-order valence-electron chi connectivity index (χ4n) is 4.82. The molecule has 0 saturated carbocycles. The number of carbonyl (C=O) groups excluding carboxylic acids is 2. The minimum atomic E-state index is -4.40. The number of hydrogen-bond donors (Lipinski definition) is 1. The first-order valence-corrected chi connectivity index (χ1v) is 16.5. The van der Waals surface area contributed by atoms with Gasteiger partial charge in [0.25, 0.3) is 15.7 Å². The summed E-state index contributed by atoms with van der Waals surface area (Å²) in [5.74, 6) is -1.11. The van der Waals surface area contributed by atoms with Gasteiger partial charge in [-0.1, -0.05) is 91.3 Å². The van der Waals surface area contributed by atoms with Crippen LogP contribution in [0.2, 0.25) is 5.02 Å². The van der Waals surface area contributed by atoms with Gasteiger partial charge in [-0.25, -0.2) is 8.42 Å². The van der Waals surface area contributed by atoms with Crippen LogP contribution in [0.25, 0.3) is 0 Å². The minimum Gasteiger partial charge on any atom is -0.352 e. The highest BCUT2D eigenvalue weighted by atomic mass is 35.5. The molecule has 0 heterocycles. The van der Waals surface area contributed by atoms with Gasteiger partial charge in [0, 0.05) is 36.2 Å². The van der Waals surface area contributed by atoms with Gasteiger partial charge < -0.3 is 10.2 Å². The molecular formula is C34H35ClN4O6S. The maximum absolute atomic E-state index is 14.5. The van der Waals surface area contributed by atoms with Gasteiger partial charge in [0.2, 0.25) is 11.8 Å². The van der Waals surface area contributed by atoms with E-state index >= 15 is 0 Å². The van der Waals surface area contributed by atoms with E-state index in [1.54, 1.807) is 42.5 Å². The van der Waals surface area contributed by atoms with Crippen molar-refractivity contribution in [2.24, 2.45) is 0 Å². The third-order valence-corrected chi connectivity index (χ3v) is 9.67.